The minimum Gasteiger partial charge on any atom is -0.368 e. The van der Waals surface area contributed by atoms with Gasteiger partial charge in [0, 0.05) is 51.4 Å². The van der Waals surface area contributed by atoms with Gasteiger partial charge in [-0.25, -0.2) is 4.98 Å². The standard InChI is InChI=1S/C26H31Cl2N5O.2ClH/c1-3-8-23-30-25(19(2)33(23)20-9-5-4-6-10-20)26(34)29-13-14-31-15-17-32(18-16-31)22-12-7-11-21(27)24(22)28;;/h4-7,9-12H,3,8,13-18H2,1-2H3,(H,29,34);2*1H. The Morgan fingerprint density at radius 1 is 1.00 bits per heavy atom. The third-order valence-corrected chi connectivity index (χ3v) is 7.05. The molecule has 1 aliphatic rings. The molecule has 0 bridgehead atoms. The van der Waals surface area contributed by atoms with Gasteiger partial charge in [-0.2, -0.15) is 0 Å². The normalized spacial score (nSPS) is 13.6. The number of halogens is 4. The van der Waals surface area contributed by atoms with E-state index < -0.39 is 0 Å². The minimum atomic E-state index is -0.117. The number of benzene rings is 2. The maximum atomic E-state index is 13.0. The molecule has 36 heavy (non-hydrogen) atoms. The third-order valence-electron chi connectivity index (χ3n) is 6.24. The van der Waals surface area contributed by atoms with Gasteiger partial charge in [0.1, 0.15) is 11.5 Å². The number of amides is 1. The maximum absolute atomic E-state index is 13.0. The molecule has 0 unspecified atom stereocenters. The van der Waals surface area contributed by atoms with Crippen LogP contribution in [0.1, 0.15) is 35.4 Å². The van der Waals surface area contributed by atoms with E-state index in [4.69, 9.17) is 28.2 Å². The molecule has 10 heteroatoms. The largest absolute Gasteiger partial charge is 0.368 e. The van der Waals surface area contributed by atoms with E-state index in [1.807, 2.05) is 55.5 Å². The molecule has 4 rings (SSSR count). The summed E-state index contributed by atoms with van der Waals surface area (Å²) in [7, 11) is 0. The van der Waals surface area contributed by atoms with Crippen LogP contribution in [0.4, 0.5) is 5.69 Å². The third kappa shape index (κ3) is 6.87. The van der Waals surface area contributed by atoms with E-state index >= 15 is 0 Å². The molecule has 2 heterocycles. The first-order valence-electron chi connectivity index (χ1n) is 11.8. The molecule has 1 aliphatic heterocycles. The van der Waals surface area contributed by atoms with Crippen molar-refractivity contribution < 1.29 is 4.79 Å². The fraction of sp³-hybridized carbons (Fsp3) is 0.385. The molecule has 1 amide bonds. The number of nitrogens with zero attached hydrogens (tertiary/aromatic N) is 4. The van der Waals surface area contributed by atoms with Gasteiger partial charge in [0.05, 0.1) is 21.4 Å². The Bertz CT molecular complexity index is 1130. The van der Waals surface area contributed by atoms with Crippen LogP contribution in [-0.4, -0.2) is 59.6 Å². The number of para-hydroxylation sites is 1. The minimum absolute atomic E-state index is 0. The average Bonchev–Trinajstić information content (AvgIpc) is 3.18. The van der Waals surface area contributed by atoms with Crippen LogP contribution in [0.5, 0.6) is 0 Å². The second-order valence-corrected chi connectivity index (χ2v) is 9.33. The van der Waals surface area contributed by atoms with E-state index in [1.165, 1.54) is 0 Å². The molecule has 1 fully saturated rings. The first kappa shape index (κ1) is 30.3. The molecule has 0 atom stereocenters. The second kappa shape index (κ2) is 14.1. The summed E-state index contributed by atoms with van der Waals surface area (Å²) in [6, 6.07) is 15.8. The molecule has 1 saturated heterocycles. The lowest BCUT2D eigenvalue weighted by atomic mass is 10.2. The predicted molar refractivity (Wildman–Crippen MR) is 154 cm³/mol. The Balaban J connectivity index is 0.00000228. The monoisotopic (exact) mass is 571 g/mol. The highest BCUT2D eigenvalue weighted by Crippen LogP contribution is 2.32. The van der Waals surface area contributed by atoms with Gasteiger partial charge in [-0.1, -0.05) is 54.4 Å². The summed E-state index contributed by atoms with van der Waals surface area (Å²) < 4.78 is 2.10. The van der Waals surface area contributed by atoms with Gasteiger partial charge in [0.25, 0.3) is 5.91 Å². The average molecular weight is 573 g/mol. The van der Waals surface area contributed by atoms with Crippen LogP contribution in [0.25, 0.3) is 5.69 Å². The first-order chi connectivity index (χ1) is 16.5. The lowest BCUT2D eigenvalue weighted by molar-refractivity contribution is 0.0942. The van der Waals surface area contributed by atoms with Gasteiger partial charge in [-0.05, 0) is 37.6 Å². The number of hydrogen-bond acceptors (Lipinski definition) is 4. The molecule has 0 spiro atoms. The van der Waals surface area contributed by atoms with E-state index in [1.54, 1.807) is 0 Å². The molecule has 3 aromatic rings. The molecule has 196 valence electrons. The summed E-state index contributed by atoms with van der Waals surface area (Å²) in [5.74, 6) is 0.807. The fourth-order valence-corrected chi connectivity index (χ4v) is 4.86. The summed E-state index contributed by atoms with van der Waals surface area (Å²) >= 11 is 12.6. The van der Waals surface area contributed by atoms with Crippen LogP contribution in [0.15, 0.2) is 48.5 Å². The van der Waals surface area contributed by atoms with Crippen LogP contribution in [-0.2, 0) is 6.42 Å². The van der Waals surface area contributed by atoms with Crippen molar-refractivity contribution in [3.63, 3.8) is 0 Å². The van der Waals surface area contributed by atoms with Gasteiger partial charge in [0.2, 0.25) is 0 Å². The van der Waals surface area contributed by atoms with Gasteiger partial charge in [0.15, 0.2) is 0 Å². The van der Waals surface area contributed by atoms with E-state index in [2.05, 4.69) is 26.6 Å². The number of carbonyl (C=O) groups excluding carboxylic acids is 1. The molecular weight excluding hydrogens is 540 g/mol. The molecule has 2 aromatic carbocycles. The van der Waals surface area contributed by atoms with E-state index in [0.29, 0.717) is 22.3 Å². The Hall–Kier alpha value is -1.96. The van der Waals surface area contributed by atoms with Crippen molar-refractivity contribution in [2.24, 2.45) is 0 Å². The highest BCUT2D eigenvalue weighted by atomic mass is 35.5. The van der Waals surface area contributed by atoms with Crippen LogP contribution in [0.3, 0.4) is 0 Å². The number of imidazole rings is 1. The zero-order valence-corrected chi connectivity index (χ0v) is 23.7. The van der Waals surface area contributed by atoms with Crippen molar-refractivity contribution in [1.29, 1.82) is 0 Å². The number of nitrogens with one attached hydrogen (secondary N) is 1. The first-order valence-corrected chi connectivity index (χ1v) is 12.6. The molecule has 0 aliphatic carbocycles. The highest BCUT2D eigenvalue weighted by Gasteiger charge is 2.22. The van der Waals surface area contributed by atoms with E-state index in [0.717, 1.165) is 68.5 Å². The smallest absolute Gasteiger partial charge is 0.271 e. The van der Waals surface area contributed by atoms with Crippen LogP contribution >= 0.6 is 48.0 Å². The number of carbonyl (C=O) groups is 1. The zero-order valence-electron chi connectivity index (χ0n) is 20.5. The SMILES string of the molecule is CCCc1nc(C(=O)NCCN2CCN(c3cccc(Cl)c3Cl)CC2)c(C)n1-c1ccccc1.Cl.Cl. The van der Waals surface area contributed by atoms with Crippen molar-refractivity contribution in [3.05, 3.63) is 75.8 Å². The summed E-state index contributed by atoms with van der Waals surface area (Å²) in [4.78, 5) is 22.3. The molecule has 0 saturated carbocycles. The molecule has 0 radical (unpaired) electrons. The van der Waals surface area contributed by atoms with Crippen molar-refractivity contribution in [2.45, 2.75) is 26.7 Å². The highest BCUT2D eigenvalue weighted by molar-refractivity contribution is 6.43. The lowest BCUT2D eigenvalue weighted by Crippen LogP contribution is -2.48. The van der Waals surface area contributed by atoms with Gasteiger partial charge in [-0.15, -0.1) is 24.8 Å². The number of aromatic nitrogens is 2. The van der Waals surface area contributed by atoms with Crippen LogP contribution in [0.2, 0.25) is 10.0 Å². The molecule has 6 nitrogen and oxygen atoms in total. The fourth-order valence-electron chi connectivity index (χ4n) is 4.45. The van der Waals surface area contributed by atoms with E-state index in [9.17, 15) is 4.79 Å². The zero-order chi connectivity index (χ0) is 24.1. The summed E-state index contributed by atoms with van der Waals surface area (Å²) in [6.45, 7) is 9.01. The van der Waals surface area contributed by atoms with Crippen molar-refractivity contribution in [2.75, 3.05) is 44.2 Å². The van der Waals surface area contributed by atoms with Gasteiger partial charge in [-0.3, -0.25) is 9.69 Å². The topological polar surface area (TPSA) is 53.4 Å². The van der Waals surface area contributed by atoms with E-state index in [-0.39, 0.29) is 30.7 Å². The second-order valence-electron chi connectivity index (χ2n) is 8.54. The quantitative estimate of drug-likeness (QED) is 0.368. The number of aryl methyl sites for hydroxylation is 1. The summed E-state index contributed by atoms with van der Waals surface area (Å²) in [6.07, 6.45) is 1.79. The number of hydrogen-bond donors (Lipinski definition) is 1. The Morgan fingerprint density at radius 2 is 1.69 bits per heavy atom. The Kier molecular flexibility index (Phi) is 11.9. The Morgan fingerprint density at radius 3 is 2.36 bits per heavy atom. The molecule has 1 N–H and O–H groups in total. The predicted octanol–water partition coefficient (Wildman–Crippen LogP) is 5.84. The summed E-state index contributed by atoms with van der Waals surface area (Å²) in [5.41, 5.74) is 3.40. The van der Waals surface area contributed by atoms with Crippen molar-refractivity contribution >= 4 is 59.6 Å². The lowest BCUT2D eigenvalue weighted by Gasteiger charge is -2.36. The number of rotatable bonds is 8. The van der Waals surface area contributed by atoms with Crippen molar-refractivity contribution in [1.82, 2.24) is 19.8 Å². The number of piperazine rings is 1. The molecule has 1 aromatic heterocycles. The molecular formula is C26H33Cl4N5O. The summed E-state index contributed by atoms with van der Waals surface area (Å²) in [5, 5.41) is 4.26. The van der Waals surface area contributed by atoms with Crippen LogP contribution < -0.4 is 10.2 Å². The van der Waals surface area contributed by atoms with Gasteiger partial charge >= 0.3 is 0 Å². The van der Waals surface area contributed by atoms with Crippen LogP contribution in [0, 0.1) is 6.92 Å². The Labute approximate surface area is 235 Å². The van der Waals surface area contributed by atoms with Gasteiger partial charge < -0.3 is 14.8 Å². The van der Waals surface area contributed by atoms with Crippen molar-refractivity contribution in [3.8, 4) is 5.69 Å². The maximum Gasteiger partial charge on any atom is 0.271 e. The number of anilines is 1.